The lowest BCUT2D eigenvalue weighted by molar-refractivity contribution is -0.123. The summed E-state index contributed by atoms with van der Waals surface area (Å²) in [4.78, 5) is 49.4. The number of carbonyl (C=O) groups excluding carboxylic acids is 3. The van der Waals surface area contributed by atoms with Crippen LogP contribution in [0, 0.1) is 0 Å². The summed E-state index contributed by atoms with van der Waals surface area (Å²) in [6, 6.07) is 19.0. The molecule has 0 unspecified atom stereocenters. The van der Waals surface area contributed by atoms with Crippen molar-refractivity contribution < 1.29 is 14.4 Å². The van der Waals surface area contributed by atoms with Crippen LogP contribution < -0.4 is 15.1 Å². The van der Waals surface area contributed by atoms with E-state index in [4.69, 9.17) is 0 Å². The van der Waals surface area contributed by atoms with Crippen molar-refractivity contribution in [3.8, 4) is 0 Å². The van der Waals surface area contributed by atoms with E-state index in [0.717, 1.165) is 11.1 Å². The number of pyridine rings is 1. The summed E-state index contributed by atoms with van der Waals surface area (Å²) >= 11 is 0. The van der Waals surface area contributed by atoms with Crippen LogP contribution in [-0.4, -0.2) is 63.1 Å². The number of rotatable bonds is 4. The van der Waals surface area contributed by atoms with Gasteiger partial charge in [-0.1, -0.05) is 30.3 Å². The summed E-state index contributed by atoms with van der Waals surface area (Å²) < 4.78 is 0. The number of amides is 3. The monoisotopic (exact) mass is 509 g/mol. The average Bonchev–Trinajstić information content (AvgIpc) is 3.52. The van der Waals surface area contributed by atoms with Crippen LogP contribution in [0.25, 0.3) is 11.0 Å². The highest BCUT2D eigenvalue weighted by Crippen LogP contribution is 2.42. The van der Waals surface area contributed by atoms with E-state index >= 15 is 0 Å². The van der Waals surface area contributed by atoms with Crippen LogP contribution in [0.5, 0.6) is 0 Å². The number of H-pyrrole nitrogens is 1. The number of aromatic amines is 1. The summed E-state index contributed by atoms with van der Waals surface area (Å²) in [7, 11) is 0. The molecule has 2 aromatic carbocycles. The van der Waals surface area contributed by atoms with Gasteiger partial charge in [0.1, 0.15) is 5.54 Å². The topological polar surface area (TPSA) is 115 Å². The molecule has 10 heteroatoms. The number of anilines is 3. The van der Waals surface area contributed by atoms with Crippen molar-refractivity contribution >= 4 is 45.8 Å². The fraction of sp³-hybridized carbons (Fsp3) is 0.250. The SMILES string of the molecule is CC(=O)Nc1ccccc1N1CN(c2ccccc2)C2(CCN(C(=O)c3cnc4[nH]ncc4c3)CC2)C1=O. The van der Waals surface area contributed by atoms with E-state index in [9.17, 15) is 14.4 Å². The third-order valence-electron chi connectivity index (χ3n) is 7.43. The maximum absolute atomic E-state index is 14.2. The fourth-order valence-corrected chi connectivity index (χ4v) is 5.53. The summed E-state index contributed by atoms with van der Waals surface area (Å²) in [5, 5.41) is 10.4. The zero-order chi connectivity index (χ0) is 26.3. The predicted molar refractivity (Wildman–Crippen MR) is 144 cm³/mol. The molecule has 0 radical (unpaired) electrons. The molecule has 10 nitrogen and oxygen atoms in total. The Balaban J connectivity index is 1.30. The van der Waals surface area contributed by atoms with E-state index in [1.807, 2.05) is 48.5 Å². The minimum atomic E-state index is -0.811. The smallest absolute Gasteiger partial charge is 0.255 e. The number of piperidine rings is 1. The second kappa shape index (κ2) is 9.29. The van der Waals surface area contributed by atoms with Crippen molar-refractivity contribution in [2.75, 3.05) is 34.9 Å². The number of benzene rings is 2. The van der Waals surface area contributed by atoms with Gasteiger partial charge in [0.15, 0.2) is 5.65 Å². The molecule has 0 saturated carbocycles. The first-order chi connectivity index (χ1) is 18.5. The molecule has 38 heavy (non-hydrogen) atoms. The molecule has 2 fully saturated rings. The first-order valence-electron chi connectivity index (χ1n) is 12.6. The second-order valence-corrected chi connectivity index (χ2v) is 9.69. The second-order valence-electron chi connectivity index (χ2n) is 9.69. The molecule has 0 bridgehead atoms. The quantitative estimate of drug-likeness (QED) is 0.436. The maximum Gasteiger partial charge on any atom is 0.255 e. The van der Waals surface area contributed by atoms with Crippen LogP contribution in [0.3, 0.4) is 0 Å². The van der Waals surface area contributed by atoms with Gasteiger partial charge in [0.2, 0.25) is 5.91 Å². The predicted octanol–water partition coefficient (Wildman–Crippen LogP) is 3.40. The number of likely N-dealkylation sites (tertiary alicyclic amines) is 1. The minimum absolute atomic E-state index is 0.0345. The first-order valence-corrected chi connectivity index (χ1v) is 12.6. The Morgan fingerprint density at radius 3 is 2.50 bits per heavy atom. The molecule has 6 rings (SSSR count). The Morgan fingerprint density at radius 2 is 1.74 bits per heavy atom. The van der Waals surface area contributed by atoms with Crippen LogP contribution in [0.15, 0.2) is 73.1 Å². The van der Waals surface area contributed by atoms with Gasteiger partial charge in [-0.2, -0.15) is 5.10 Å². The van der Waals surface area contributed by atoms with Crippen LogP contribution in [0.2, 0.25) is 0 Å². The van der Waals surface area contributed by atoms with Crippen LogP contribution in [0.1, 0.15) is 30.1 Å². The van der Waals surface area contributed by atoms with Gasteiger partial charge in [0.25, 0.3) is 11.8 Å². The summed E-state index contributed by atoms with van der Waals surface area (Å²) in [5.74, 6) is -0.346. The maximum atomic E-state index is 14.2. The van der Waals surface area contributed by atoms with E-state index in [1.54, 1.807) is 34.3 Å². The van der Waals surface area contributed by atoms with E-state index in [2.05, 4.69) is 25.4 Å². The molecule has 4 heterocycles. The molecule has 2 aliphatic rings. The van der Waals surface area contributed by atoms with Crippen LogP contribution in [-0.2, 0) is 9.59 Å². The van der Waals surface area contributed by atoms with Crippen LogP contribution >= 0.6 is 0 Å². The van der Waals surface area contributed by atoms with Gasteiger partial charge < -0.3 is 15.1 Å². The van der Waals surface area contributed by atoms with Crippen molar-refractivity contribution in [2.24, 2.45) is 0 Å². The average molecular weight is 510 g/mol. The van der Waals surface area contributed by atoms with Gasteiger partial charge in [0.05, 0.1) is 29.8 Å². The fourth-order valence-electron chi connectivity index (χ4n) is 5.53. The minimum Gasteiger partial charge on any atom is -0.338 e. The third-order valence-corrected chi connectivity index (χ3v) is 7.43. The van der Waals surface area contributed by atoms with Gasteiger partial charge in [-0.3, -0.25) is 24.4 Å². The lowest BCUT2D eigenvalue weighted by Gasteiger charge is -2.43. The lowest BCUT2D eigenvalue weighted by atomic mass is 9.85. The highest BCUT2D eigenvalue weighted by molar-refractivity contribution is 6.09. The number of para-hydroxylation sites is 3. The molecule has 2 aromatic heterocycles. The van der Waals surface area contributed by atoms with Gasteiger partial charge in [0, 0.05) is 37.3 Å². The number of hydrogen-bond donors (Lipinski definition) is 2. The lowest BCUT2D eigenvalue weighted by Crippen LogP contribution is -2.57. The summed E-state index contributed by atoms with van der Waals surface area (Å²) in [6.45, 7) is 2.65. The Morgan fingerprint density at radius 1 is 1.00 bits per heavy atom. The Hall–Kier alpha value is -4.73. The van der Waals surface area contributed by atoms with E-state index in [1.165, 1.54) is 6.92 Å². The number of carbonyl (C=O) groups is 3. The molecule has 192 valence electrons. The van der Waals surface area contributed by atoms with Crippen molar-refractivity contribution in [1.29, 1.82) is 0 Å². The number of nitrogens with zero attached hydrogens (tertiary/aromatic N) is 5. The Kier molecular flexibility index (Phi) is 5.79. The first kappa shape index (κ1) is 23.7. The zero-order valence-corrected chi connectivity index (χ0v) is 20.9. The van der Waals surface area contributed by atoms with Crippen LogP contribution in [0.4, 0.5) is 17.1 Å². The number of hydrogen-bond acceptors (Lipinski definition) is 6. The van der Waals surface area contributed by atoms with Gasteiger partial charge >= 0.3 is 0 Å². The number of fused-ring (bicyclic) bond motifs is 1. The van der Waals surface area contributed by atoms with Crippen molar-refractivity contribution in [1.82, 2.24) is 20.1 Å². The molecular weight excluding hydrogens is 482 g/mol. The molecule has 2 aliphatic heterocycles. The standard InChI is InChI=1S/C28H27N7O3/c1-19(36)31-23-9-5-6-10-24(23)34-18-35(22-7-3-2-4-8-22)28(27(34)38)11-13-33(14-12-28)26(37)21-15-20-17-30-32-25(20)29-16-21/h2-10,15-17H,11-14,18H2,1H3,(H,31,36)(H,29,30,32). The highest BCUT2D eigenvalue weighted by Gasteiger charge is 2.54. The summed E-state index contributed by atoms with van der Waals surface area (Å²) in [5.41, 5.74) is 2.51. The van der Waals surface area contributed by atoms with E-state index in [-0.39, 0.29) is 17.7 Å². The number of aromatic nitrogens is 3. The van der Waals surface area contributed by atoms with Gasteiger partial charge in [-0.25, -0.2) is 4.98 Å². The van der Waals surface area contributed by atoms with Gasteiger partial charge in [-0.15, -0.1) is 0 Å². The third kappa shape index (κ3) is 3.94. The normalized spacial score (nSPS) is 16.9. The van der Waals surface area contributed by atoms with E-state index < -0.39 is 5.54 Å². The number of nitrogens with one attached hydrogen (secondary N) is 2. The molecule has 0 atom stereocenters. The van der Waals surface area contributed by atoms with Crippen molar-refractivity contribution in [2.45, 2.75) is 25.3 Å². The molecule has 0 aliphatic carbocycles. The molecular formula is C28H27N7O3. The highest BCUT2D eigenvalue weighted by atomic mass is 16.2. The molecule has 1 spiro atoms. The largest absolute Gasteiger partial charge is 0.338 e. The summed E-state index contributed by atoms with van der Waals surface area (Å²) in [6.07, 6.45) is 4.16. The molecule has 2 N–H and O–H groups in total. The van der Waals surface area contributed by atoms with Gasteiger partial charge in [-0.05, 0) is 43.2 Å². The molecule has 4 aromatic rings. The zero-order valence-electron chi connectivity index (χ0n) is 20.9. The molecule has 3 amide bonds. The van der Waals surface area contributed by atoms with E-state index in [0.29, 0.717) is 55.2 Å². The van der Waals surface area contributed by atoms with Crippen molar-refractivity contribution in [3.63, 3.8) is 0 Å². The Labute approximate surface area is 219 Å². The molecule has 2 saturated heterocycles. The van der Waals surface area contributed by atoms with Crippen molar-refractivity contribution in [3.05, 3.63) is 78.6 Å². The Bertz CT molecular complexity index is 1530.